The minimum Gasteiger partial charge on any atom is -0.387 e. The molecule has 25 heavy (non-hydrogen) atoms. The molecule has 0 amide bonds. The van der Waals surface area contributed by atoms with Gasteiger partial charge in [0.15, 0.2) is 6.29 Å². The third-order valence-electron chi connectivity index (χ3n) is 4.40. The van der Waals surface area contributed by atoms with Crippen LogP contribution in [-0.2, 0) is 14.2 Å². The lowest BCUT2D eigenvalue weighted by Gasteiger charge is -2.46. The molecule has 0 saturated carbocycles. The Kier molecular flexibility index (Phi) is 5.08. The van der Waals surface area contributed by atoms with Crippen molar-refractivity contribution in [1.29, 1.82) is 0 Å². The van der Waals surface area contributed by atoms with Crippen molar-refractivity contribution < 1.29 is 24.4 Å². The lowest BCUT2D eigenvalue weighted by atomic mass is 9.99. The second kappa shape index (κ2) is 7.45. The molecule has 0 aromatic heterocycles. The summed E-state index contributed by atoms with van der Waals surface area (Å²) >= 11 is 1.39. The van der Waals surface area contributed by atoms with Gasteiger partial charge in [0.1, 0.15) is 29.9 Å². The monoisotopic (exact) mass is 360 g/mol. The molecular formula is C19H20O5S. The second-order valence-electron chi connectivity index (χ2n) is 6.13. The number of thioether (sulfide) groups is 1. The van der Waals surface area contributed by atoms with Gasteiger partial charge in [-0.05, 0) is 12.1 Å². The van der Waals surface area contributed by atoms with E-state index in [1.165, 1.54) is 11.8 Å². The number of ether oxygens (including phenoxy) is 3. The number of aliphatic hydroxyl groups is 2. The minimum atomic E-state index is -1.04. The van der Waals surface area contributed by atoms with Gasteiger partial charge in [-0.25, -0.2) is 0 Å². The van der Waals surface area contributed by atoms with Crippen LogP contribution in [0.3, 0.4) is 0 Å². The average Bonchev–Trinajstić information content (AvgIpc) is 2.67. The maximum absolute atomic E-state index is 10.6. The molecule has 2 aromatic rings. The topological polar surface area (TPSA) is 68.2 Å². The van der Waals surface area contributed by atoms with E-state index in [0.717, 1.165) is 10.5 Å². The average molecular weight is 360 g/mol. The number of hydrogen-bond acceptors (Lipinski definition) is 6. The molecule has 2 heterocycles. The number of fused-ring (bicyclic) bond motifs is 1. The van der Waals surface area contributed by atoms with Gasteiger partial charge in [0.05, 0.1) is 6.61 Å². The van der Waals surface area contributed by atoms with E-state index in [9.17, 15) is 10.2 Å². The summed E-state index contributed by atoms with van der Waals surface area (Å²) in [5, 5.41) is 21.0. The van der Waals surface area contributed by atoms with Crippen LogP contribution < -0.4 is 0 Å². The molecule has 2 aromatic carbocycles. The van der Waals surface area contributed by atoms with E-state index in [0.29, 0.717) is 6.61 Å². The Morgan fingerprint density at radius 3 is 2.24 bits per heavy atom. The van der Waals surface area contributed by atoms with Crippen LogP contribution in [0.15, 0.2) is 65.6 Å². The van der Waals surface area contributed by atoms with E-state index in [4.69, 9.17) is 14.2 Å². The molecule has 0 aliphatic carbocycles. The van der Waals surface area contributed by atoms with Crippen molar-refractivity contribution in [2.24, 2.45) is 0 Å². The van der Waals surface area contributed by atoms with Crippen molar-refractivity contribution >= 4 is 11.8 Å². The highest BCUT2D eigenvalue weighted by Gasteiger charge is 2.49. The smallest absolute Gasteiger partial charge is 0.184 e. The molecule has 2 N–H and O–H groups in total. The quantitative estimate of drug-likeness (QED) is 0.876. The largest absolute Gasteiger partial charge is 0.387 e. The molecule has 2 aliphatic rings. The van der Waals surface area contributed by atoms with Crippen LogP contribution in [0, 0.1) is 0 Å². The summed E-state index contributed by atoms with van der Waals surface area (Å²) in [7, 11) is 0. The SMILES string of the molecule is OC1[C@@H](O)[C@@H]2OC(c3ccccc3)OCC2O[C@H]1Sc1ccccc1. The first kappa shape index (κ1) is 17.0. The first-order valence-corrected chi connectivity index (χ1v) is 9.15. The van der Waals surface area contributed by atoms with Crippen LogP contribution >= 0.6 is 11.8 Å². The van der Waals surface area contributed by atoms with Crippen LogP contribution in [0.25, 0.3) is 0 Å². The molecule has 5 nitrogen and oxygen atoms in total. The normalized spacial score (nSPS) is 35.1. The molecule has 2 fully saturated rings. The van der Waals surface area contributed by atoms with E-state index < -0.39 is 36.1 Å². The summed E-state index contributed by atoms with van der Waals surface area (Å²) < 4.78 is 17.6. The van der Waals surface area contributed by atoms with Crippen LogP contribution in [0.2, 0.25) is 0 Å². The zero-order chi connectivity index (χ0) is 17.2. The first-order valence-electron chi connectivity index (χ1n) is 8.28. The number of aliphatic hydroxyl groups excluding tert-OH is 2. The Balaban J connectivity index is 1.46. The minimum absolute atomic E-state index is 0.305. The Morgan fingerprint density at radius 1 is 0.840 bits per heavy atom. The van der Waals surface area contributed by atoms with Gasteiger partial charge in [0.2, 0.25) is 0 Å². The zero-order valence-electron chi connectivity index (χ0n) is 13.5. The molecule has 132 valence electrons. The molecule has 4 rings (SSSR count). The van der Waals surface area contributed by atoms with Gasteiger partial charge in [-0.1, -0.05) is 60.3 Å². The Hall–Kier alpha value is -1.41. The molecule has 6 heteroatoms. The van der Waals surface area contributed by atoms with Crippen LogP contribution in [0.4, 0.5) is 0 Å². The third kappa shape index (κ3) is 3.60. The predicted molar refractivity (Wildman–Crippen MR) is 93.0 cm³/mol. The second-order valence-corrected chi connectivity index (χ2v) is 7.30. The van der Waals surface area contributed by atoms with E-state index in [2.05, 4.69) is 0 Å². The van der Waals surface area contributed by atoms with Crippen LogP contribution in [0.1, 0.15) is 11.9 Å². The summed E-state index contributed by atoms with van der Waals surface area (Å²) in [6, 6.07) is 19.2. The number of benzene rings is 2. The van der Waals surface area contributed by atoms with Gasteiger partial charge >= 0.3 is 0 Å². The van der Waals surface area contributed by atoms with Gasteiger partial charge in [-0.15, -0.1) is 0 Å². The summed E-state index contributed by atoms with van der Waals surface area (Å²) in [6.07, 6.45) is -3.68. The van der Waals surface area contributed by atoms with Gasteiger partial charge in [0, 0.05) is 10.5 Å². The van der Waals surface area contributed by atoms with Crippen molar-refractivity contribution in [1.82, 2.24) is 0 Å². The maximum atomic E-state index is 10.6. The van der Waals surface area contributed by atoms with Crippen LogP contribution in [-0.4, -0.2) is 46.7 Å². The van der Waals surface area contributed by atoms with Gasteiger partial charge in [0.25, 0.3) is 0 Å². The van der Waals surface area contributed by atoms with Crippen molar-refractivity contribution in [3.63, 3.8) is 0 Å². The fourth-order valence-electron chi connectivity index (χ4n) is 3.09. The summed E-state index contributed by atoms with van der Waals surface area (Å²) in [6.45, 7) is 0.305. The standard InChI is InChI=1S/C19H20O5S/c20-15-16(21)19(25-13-9-5-2-6-10-13)23-14-11-22-18(24-17(14)15)12-7-3-1-4-8-12/h1-10,14-21H,11H2/t14?,15-,16?,17-,18?,19+/m1/s1. The Morgan fingerprint density at radius 2 is 1.52 bits per heavy atom. The van der Waals surface area contributed by atoms with Gasteiger partial charge in [-0.2, -0.15) is 0 Å². The summed E-state index contributed by atoms with van der Waals surface area (Å²) in [4.78, 5) is 0.969. The van der Waals surface area contributed by atoms with Crippen LogP contribution in [0.5, 0.6) is 0 Å². The number of rotatable bonds is 3. The first-order chi connectivity index (χ1) is 12.2. The van der Waals surface area contributed by atoms with Crippen molar-refractivity contribution in [3.8, 4) is 0 Å². The highest BCUT2D eigenvalue weighted by Crippen LogP contribution is 2.38. The lowest BCUT2D eigenvalue weighted by Crippen LogP contribution is -2.60. The molecule has 3 unspecified atom stereocenters. The van der Waals surface area contributed by atoms with E-state index in [-0.39, 0.29) is 0 Å². The Labute approximate surface area is 150 Å². The third-order valence-corrected chi connectivity index (χ3v) is 5.57. The van der Waals surface area contributed by atoms with Crippen molar-refractivity contribution in [3.05, 3.63) is 66.2 Å². The molecule has 6 atom stereocenters. The highest BCUT2D eigenvalue weighted by molar-refractivity contribution is 7.99. The van der Waals surface area contributed by atoms with E-state index in [1.54, 1.807) is 0 Å². The molecule has 0 bridgehead atoms. The van der Waals surface area contributed by atoms with Gasteiger partial charge < -0.3 is 24.4 Å². The molecule has 2 aliphatic heterocycles. The van der Waals surface area contributed by atoms with E-state index in [1.807, 2.05) is 60.7 Å². The fraction of sp³-hybridized carbons (Fsp3) is 0.368. The predicted octanol–water partition coefficient (Wildman–Crippen LogP) is 2.34. The highest BCUT2D eigenvalue weighted by atomic mass is 32.2. The van der Waals surface area contributed by atoms with Crippen molar-refractivity contribution in [2.75, 3.05) is 6.61 Å². The van der Waals surface area contributed by atoms with E-state index >= 15 is 0 Å². The lowest BCUT2D eigenvalue weighted by molar-refractivity contribution is -0.318. The summed E-state index contributed by atoms with van der Waals surface area (Å²) in [5.74, 6) is 0. The molecule has 2 saturated heterocycles. The molecule has 0 spiro atoms. The zero-order valence-corrected chi connectivity index (χ0v) is 14.3. The maximum Gasteiger partial charge on any atom is 0.184 e. The summed E-state index contributed by atoms with van der Waals surface area (Å²) in [5.41, 5.74) is 0.308. The number of hydrogen-bond donors (Lipinski definition) is 2. The van der Waals surface area contributed by atoms with Crippen molar-refractivity contribution in [2.45, 2.75) is 41.0 Å². The Bertz CT molecular complexity index is 681. The van der Waals surface area contributed by atoms with Gasteiger partial charge in [-0.3, -0.25) is 0 Å². The molecular weight excluding hydrogens is 340 g/mol. The molecule has 0 radical (unpaired) electrons. The fourth-order valence-corrected chi connectivity index (χ4v) is 4.17.